The van der Waals surface area contributed by atoms with Gasteiger partial charge in [0, 0.05) is 0 Å². The van der Waals surface area contributed by atoms with Gasteiger partial charge in [-0.25, -0.2) is 0 Å². The van der Waals surface area contributed by atoms with Crippen molar-refractivity contribution in [3.8, 4) is 0 Å². The molecule has 0 aliphatic carbocycles. The number of ether oxygens (including phenoxy) is 3. The summed E-state index contributed by atoms with van der Waals surface area (Å²) in [5.41, 5.74) is 0. The van der Waals surface area contributed by atoms with E-state index in [9.17, 15) is 19.2 Å². The van der Waals surface area contributed by atoms with Crippen molar-refractivity contribution in [2.24, 2.45) is 0 Å². The third-order valence-corrected chi connectivity index (χ3v) is 2.19. The first kappa shape index (κ1) is 18.1. The van der Waals surface area contributed by atoms with Crippen LogP contribution in [-0.2, 0) is 33.4 Å². The molecule has 0 aromatic heterocycles. The van der Waals surface area contributed by atoms with Crippen LogP contribution in [0.3, 0.4) is 0 Å². The second-order valence-corrected chi connectivity index (χ2v) is 4.46. The van der Waals surface area contributed by atoms with E-state index in [1.165, 1.54) is 21.0 Å². The molecule has 0 fully saturated rings. The Labute approximate surface area is 117 Å². The second kappa shape index (κ2) is 9.06. The number of hydrogen-bond acceptors (Lipinski definition) is 7. The van der Waals surface area contributed by atoms with E-state index in [1.54, 1.807) is 6.92 Å². The standard InChI is InChI=1S/C13H20O7/c1-8(14)5-12(16)19-10(3)7-13(17)20-9(2)6-11(15)18-4/h9-10H,5-7H2,1-4H3/t9-,10-/m1/s1. The molecule has 0 aliphatic rings. The minimum absolute atomic E-state index is 0.0409. The average Bonchev–Trinajstić information content (AvgIpc) is 2.26. The van der Waals surface area contributed by atoms with Crippen molar-refractivity contribution in [2.75, 3.05) is 7.11 Å². The minimum atomic E-state index is -0.695. The molecule has 0 radical (unpaired) electrons. The number of carbonyl (C=O) groups is 4. The van der Waals surface area contributed by atoms with Crippen LogP contribution in [0.1, 0.15) is 40.0 Å². The van der Waals surface area contributed by atoms with Gasteiger partial charge in [-0.1, -0.05) is 0 Å². The summed E-state index contributed by atoms with van der Waals surface area (Å²) in [4.78, 5) is 44.4. The van der Waals surface area contributed by atoms with E-state index in [0.29, 0.717) is 0 Å². The predicted molar refractivity (Wildman–Crippen MR) is 67.7 cm³/mol. The number of hydrogen-bond donors (Lipinski definition) is 0. The van der Waals surface area contributed by atoms with Crippen LogP contribution in [0.25, 0.3) is 0 Å². The molecule has 20 heavy (non-hydrogen) atoms. The van der Waals surface area contributed by atoms with E-state index >= 15 is 0 Å². The van der Waals surface area contributed by atoms with E-state index in [1.807, 2.05) is 0 Å². The zero-order valence-electron chi connectivity index (χ0n) is 12.1. The van der Waals surface area contributed by atoms with Crippen molar-refractivity contribution in [2.45, 2.75) is 52.2 Å². The van der Waals surface area contributed by atoms with Gasteiger partial charge in [0.15, 0.2) is 0 Å². The Bertz CT molecular complexity index is 375. The number of Topliss-reactive ketones (excluding diaryl/α,β-unsaturated/α-hetero) is 1. The SMILES string of the molecule is COC(=O)C[C@@H](C)OC(=O)C[C@@H](C)OC(=O)CC(C)=O. The highest BCUT2D eigenvalue weighted by Crippen LogP contribution is 2.06. The molecule has 0 N–H and O–H groups in total. The van der Waals surface area contributed by atoms with Crippen LogP contribution in [0.5, 0.6) is 0 Å². The predicted octanol–water partition coefficient (Wildman–Crippen LogP) is 0.782. The van der Waals surface area contributed by atoms with Gasteiger partial charge in [-0.05, 0) is 20.8 Å². The first-order valence-corrected chi connectivity index (χ1v) is 6.19. The molecule has 0 aromatic rings. The van der Waals surface area contributed by atoms with E-state index < -0.39 is 30.1 Å². The van der Waals surface area contributed by atoms with Gasteiger partial charge >= 0.3 is 17.9 Å². The van der Waals surface area contributed by atoms with Crippen LogP contribution in [0, 0.1) is 0 Å². The molecular formula is C13H20O7. The third kappa shape index (κ3) is 9.07. The number of ketones is 1. The summed E-state index contributed by atoms with van der Waals surface area (Å²) < 4.78 is 14.3. The Kier molecular flexibility index (Phi) is 8.19. The maximum atomic E-state index is 11.5. The number of methoxy groups -OCH3 is 1. The highest BCUT2D eigenvalue weighted by Gasteiger charge is 2.19. The average molecular weight is 288 g/mol. The van der Waals surface area contributed by atoms with Crippen molar-refractivity contribution < 1.29 is 33.4 Å². The highest BCUT2D eigenvalue weighted by atomic mass is 16.6. The minimum Gasteiger partial charge on any atom is -0.469 e. The van der Waals surface area contributed by atoms with Gasteiger partial charge in [-0.2, -0.15) is 0 Å². The fourth-order valence-electron chi connectivity index (χ4n) is 1.38. The van der Waals surface area contributed by atoms with Crippen molar-refractivity contribution >= 4 is 23.7 Å². The smallest absolute Gasteiger partial charge is 0.313 e. The molecule has 0 aliphatic heterocycles. The molecule has 7 heteroatoms. The molecule has 2 atom stereocenters. The normalized spacial score (nSPS) is 13.0. The fraction of sp³-hybridized carbons (Fsp3) is 0.692. The summed E-state index contributed by atoms with van der Waals surface area (Å²) in [6.45, 7) is 4.35. The zero-order chi connectivity index (χ0) is 15.7. The number of rotatable bonds is 8. The summed E-state index contributed by atoms with van der Waals surface area (Å²) in [5, 5.41) is 0. The Balaban J connectivity index is 4.04. The fourth-order valence-corrected chi connectivity index (χ4v) is 1.38. The Morgan fingerprint density at radius 1 is 0.850 bits per heavy atom. The first-order chi connectivity index (χ1) is 9.24. The van der Waals surface area contributed by atoms with Crippen molar-refractivity contribution in [1.82, 2.24) is 0 Å². The molecule has 0 rings (SSSR count). The molecule has 114 valence electrons. The Hall–Kier alpha value is -1.92. The van der Waals surface area contributed by atoms with Crippen molar-refractivity contribution in [3.05, 3.63) is 0 Å². The van der Waals surface area contributed by atoms with Crippen LogP contribution in [0.15, 0.2) is 0 Å². The third-order valence-electron chi connectivity index (χ3n) is 2.19. The van der Waals surface area contributed by atoms with Gasteiger partial charge in [-0.15, -0.1) is 0 Å². The quantitative estimate of drug-likeness (QED) is 0.370. The van der Waals surface area contributed by atoms with Gasteiger partial charge in [0.1, 0.15) is 24.4 Å². The molecule has 0 saturated heterocycles. The Morgan fingerprint density at radius 3 is 1.75 bits per heavy atom. The molecule has 0 aromatic carbocycles. The highest BCUT2D eigenvalue weighted by molar-refractivity contribution is 5.94. The van der Waals surface area contributed by atoms with Crippen LogP contribution in [0.2, 0.25) is 0 Å². The lowest BCUT2D eigenvalue weighted by molar-refractivity contribution is -0.158. The maximum absolute atomic E-state index is 11.5. The lowest BCUT2D eigenvalue weighted by Gasteiger charge is -2.15. The summed E-state index contributed by atoms with van der Waals surface area (Å²) in [5.74, 6) is -2.06. The lowest BCUT2D eigenvalue weighted by Crippen LogP contribution is -2.24. The van der Waals surface area contributed by atoms with E-state index in [2.05, 4.69) is 4.74 Å². The molecule has 0 unspecified atom stereocenters. The molecular weight excluding hydrogens is 268 g/mol. The number of carbonyl (C=O) groups excluding carboxylic acids is 4. The van der Waals surface area contributed by atoms with Gasteiger partial charge in [-0.3, -0.25) is 19.2 Å². The summed E-state index contributed by atoms with van der Waals surface area (Å²) in [7, 11) is 1.24. The van der Waals surface area contributed by atoms with Gasteiger partial charge in [0.25, 0.3) is 0 Å². The first-order valence-electron chi connectivity index (χ1n) is 6.19. The summed E-state index contributed by atoms with van der Waals surface area (Å²) in [6, 6.07) is 0. The number of esters is 3. The Morgan fingerprint density at radius 2 is 1.30 bits per heavy atom. The molecule has 0 amide bonds. The topological polar surface area (TPSA) is 96.0 Å². The molecule has 0 bridgehead atoms. The van der Waals surface area contributed by atoms with Crippen molar-refractivity contribution in [3.63, 3.8) is 0 Å². The van der Waals surface area contributed by atoms with E-state index in [-0.39, 0.29) is 25.0 Å². The van der Waals surface area contributed by atoms with Gasteiger partial charge in [0.2, 0.25) is 0 Å². The molecule has 0 saturated carbocycles. The van der Waals surface area contributed by atoms with E-state index in [4.69, 9.17) is 9.47 Å². The van der Waals surface area contributed by atoms with Crippen LogP contribution >= 0.6 is 0 Å². The maximum Gasteiger partial charge on any atom is 0.313 e. The summed E-state index contributed by atoms with van der Waals surface area (Å²) >= 11 is 0. The lowest BCUT2D eigenvalue weighted by atomic mass is 10.2. The van der Waals surface area contributed by atoms with Gasteiger partial charge in [0.05, 0.1) is 20.0 Å². The molecule has 0 spiro atoms. The van der Waals surface area contributed by atoms with Gasteiger partial charge < -0.3 is 14.2 Å². The van der Waals surface area contributed by atoms with Crippen LogP contribution in [-0.4, -0.2) is 43.0 Å². The molecule has 0 heterocycles. The molecule has 7 nitrogen and oxygen atoms in total. The largest absolute Gasteiger partial charge is 0.469 e. The zero-order valence-corrected chi connectivity index (χ0v) is 12.1. The van der Waals surface area contributed by atoms with Crippen LogP contribution < -0.4 is 0 Å². The van der Waals surface area contributed by atoms with Crippen LogP contribution in [0.4, 0.5) is 0 Å². The van der Waals surface area contributed by atoms with E-state index in [0.717, 1.165) is 0 Å². The second-order valence-electron chi connectivity index (χ2n) is 4.46. The monoisotopic (exact) mass is 288 g/mol. The van der Waals surface area contributed by atoms with Crippen molar-refractivity contribution in [1.29, 1.82) is 0 Å². The summed E-state index contributed by atoms with van der Waals surface area (Å²) in [6.07, 6.45) is -1.82.